The van der Waals surface area contributed by atoms with Crippen molar-refractivity contribution in [2.75, 3.05) is 6.61 Å². The molecule has 0 saturated heterocycles. The van der Waals surface area contributed by atoms with Crippen LogP contribution in [0.1, 0.15) is 19.6 Å². The minimum Gasteiger partial charge on any atom is -0.468 e. The molecule has 0 saturated carbocycles. The number of furan rings is 1. The number of rotatable bonds is 3. The van der Waals surface area contributed by atoms with Crippen molar-refractivity contribution in [3.8, 4) is 0 Å². The molecule has 0 atom stereocenters. The van der Waals surface area contributed by atoms with Crippen LogP contribution in [0, 0.1) is 0 Å². The van der Waals surface area contributed by atoms with Gasteiger partial charge in [0.1, 0.15) is 9.29 Å². The Labute approximate surface area is 110 Å². The van der Waals surface area contributed by atoms with Gasteiger partial charge in [0.25, 0.3) is 0 Å². The van der Waals surface area contributed by atoms with Crippen LogP contribution < -0.4 is 0 Å². The molecule has 3 nitrogen and oxygen atoms in total. The second-order valence-electron chi connectivity index (χ2n) is 2.56. The summed E-state index contributed by atoms with van der Waals surface area (Å²) in [6.07, 6.45) is 1.65. The van der Waals surface area contributed by atoms with Crippen LogP contribution in [-0.4, -0.2) is 16.1 Å². The maximum absolute atomic E-state index is 9.82. The quantitative estimate of drug-likeness (QED) is 0.522. The highest BCUT2D eigenvalue weighted by Gasteiger charge is 1.95. The van der Waals surface area contributed by atoms with Gasteiger partial charge in [-0.1, -0.05) is 24.0 Å². The number of hydrogen-bond acceptors (Lipinski definition) is 5. The van der Waals surface area contributed by atoms with Gasteiger partial charge in [-0.3, -0.25) is 4.79 Å². The zero-order chi connectivity index (χ0) is 12.4. The van der Waals surface area contributed by atoms with Gasteiger partial charge in [-0.15, -0.1) is 12.6 Å². The normalized spacial score (nSPS) is 8.94. The molecule has 0 unspecified atom stereocenters. The first-order chi connectivity index (χ1) is 7.56. The second kappa shape index (κ2) is 9.74. The van der Waals surface area contributed by atoms with E-state index in [2.05, 4.69) is 17.4 Å². The summed E-state index contributed by atoms with van der Waals surface area (Å²) in [6, 6.07) is 3.77. The first-order valence-electron chi connectivity index (χ1n) is 4.57. The number of carbonyl (C=O) groups excluding carboxylic acids is 1. The van der Waals surface area contributed by atoms with E-state index in [1.807, 2.05) is 12.1 Å². The predicted molar refractivity (Wildman–Crippen MR) is 73.9 cm³/mol. The van der Waals surface area contributed by atoms with Gasteiger partial charge < -0.3 is 9.15 Å². The molecule has 0 radical (unpaired) electrons. The van der Waals surface area contributed by atoms with Crippen molar-refractivity contribution in [1.82, 2.24) is 0 Å². The van der Waals surface area contributed by atoms with Gasteiger partial charge in [0.05, 0.1) is 18.6 Å². The van der Waals surface area contributed by atoms with Crippen molar-refractivity contribution in [2.24, 2.45) is 0 Å². The summed E-state index contributed by atoms with van der Waals surface area (Å²) in [5, 5.41) is 0. The largest absolute Gasteiger partial charge is 0.468 e. The molecule has 1 aromatic heterocycles. The molecule has 16 heavy (non-hydrogen) atoms. The van der Waals surface area contributed by atoms with E-state index in [4.69, 9.17) is 16.6 Å². The van der Waals surface area contributed by atoms with Crippen LogP contribution in [0.4, 0.5) is 0 Å². The van der Waals surface area contributed by atoms with Gasteiger partial charge in [-0.25, -0.2) is 0 Å². The summed E-state index contributed by atoms with van der Waals surface area (Å²) in [4.78, 5) is 9.82. The van der Waals surface area contributed by atoms with Crippen LogP contribution in [-0.2, 0) is 15.3 Å². The van der Waals surface area contributed by atoms with Crippen LogP contribution >= 0.6 is 36.6 Å². The molecule has 0 aliphatic heterocycles. The fourth-order valence-electron chi connectivity index (χ4n) is 0.731. The van der Waals surface area contributed by atoms with Crippen LogP contribution in [0.3, 0.4) is 0 Å². The average Bonchev–Trinajstić information content (AvgIpc) is 2.67. The molecule has 1 aromatic rings. The Morgan fingerprint density at radius 1 is 1.69 bits per heavy atom. The molecule has 1 heterocycles. The summed E-state index contributed by atoms with van der Waals surface area (Å²) in [6.45, 7) is 3.65. The van der Waals surface area contributed by atoms with Crippen molar-refractivity contribution >= 4 is 46.1 Å². The van der Waals surface area contributed by atoms with Crippen molar-refractivity contribution in [2.45, 2.75) is 19.6 Å². The smallest absolute Gasteiger partial charge is 0.302 e. The van der Waals surface area contributed by atoms with Gasteiger partial charge in [-0.05, 0) is 19.1 Å². The fraction of sp³-hybridized carbons (Fsp3) is 0.400. The third-order valence-corrected chi connectivity index (χ3v) is 2.68. The lowest BCUT2D eigenvalue weighted by Crippen LogP contribution is -1.95. The lowest BCUT2D eigenvalue weighted by atomic mass is 10.5. The minimum absolute atomic E-state index is 0.211. The Morgan fingerprint density at radius 2 is 2.38 bits per heavy atom. The van der Waals surface area contributed by atoms with E-state index in [0.717, 1.165) is 11.5 Å². The lowest BCUT2D eigenvalue weighted by Gasteiger charge is -1.91. The van der Waals surface area contributed by atoms with Crippen molar-refractivity contribution in [3.05, 3.63) is 24.2 Å². The van der Waals surface area contributed by atoms with Gasteiger partial charge in [-0.2, -0.15) is 0 Å². The molecule has 0 aromatic carbocycles. The van der Waals surface area contributed by atoms with Gasteiger partial charge in [0.15, 0.2) is 0 Å². The van der Waals surface area contributed by atoms with Crippen LogP contribution in [0.2, 0.25) is 0 Å². The maximum atomic E-state index is 9.82. The molecule has 6 heteroatoms. The fourth-order valence-corrected chi connectivity index (χ4v) is 1.53. The third-order valence-electron chi connectivity index (χ3n) is 1.27. The number of hydrogen-bond donors (Lipinski definition) is 1. The van der Waals surface area contributed by atoms with Crippen molar-refractivity contribution < 1.29 is 13.9 Å². The monoisotopic (exact) mass is 278 g/mol. The summed E-state index contributed by atoms with van der Waals surface area (Å²) in [7, 11) is 0. The Balaban J connectivity index is 0.000000325. The Morgan fingerprint density at radius 3 is 2.69 bits per heavy atom. The number of thiol groups is 1. The second-order valence-corrected chi connectivity index (χ2v) is 5.26. The van der Waals surface area contributed by atoms with Gasteiger partial charge in [0.2, 0.25) is 0 Å². The zero-order valence-electron chi connectivity index (χ0n) is 9.13. The molecule has 0 amide bonds. The topological polar surface area (TPSA) is 39.4 Å². The van der Waals surface area contributed by atoms with Crippen molar-refractivity contribution in [3.63, 3.8) is 0 Å². The molecule has 1 rings (SSSR count). The number of ether oxygens (including phenoxy) is 1. The summed E-state index contributed by atoms with van der Waals surface area (Å²) in [5.74, 6) is 1.49. The highest BCUT2D eigenvalue weighted by Crippen LogP contribution is 2.15. The van der Waals surface area contributed by atoms with Gasteiger partial charge >= 0.3 is 5.97 Å². The van der Waals surface area contributed by atoms with E-state index in [-0.39, 0.29) is 5.97 Å². The van der Waals surface area contributed by atoms with Crippen LogP contribution in [0.15, 0.2) is 22.8 Å². The third kappa shape index (κ3) is 10.1. The molecule has 0 aliphatic carbocycles. The zero-order valence-corrected chi connectivity index (χ0v) is 11.7. The highest BCUT2D eigenvalue weighted by molar-refractivity contribution is 8.41. The Kier molecular flexibility index (Phi) is 9.46. The molecule has 0 bridgehead atoms. The molecular weight excluding hydrogens is 264 g/mol. The standard InChI is InChI=1S/C6H6OS3.C4H8O2/c8-6(9)10-4-5-2-1-3-7-5;1-3-6-4(2)5/h1-3H,4H2,(H,8,9);3H2,1-2H3. The number of esters is 1. The molecule has 0 aliphatic rings. The highest BCUT2D eigenvalue weighted by atomic mass is 32.2. The van der Waals surface area contributed by atoms with E-state index in [1.54, 1.807) is 13.2 Å². The van der Waals surface area contributed by atoms with E-state index in [9.17, 15) is 4.79 Å². The van der Waals surface area contributed by atoms with E-state index in [0.29, 0.717) is 10.1 Å². The molecule has 90 valence electrons. The molecular formula is C10H14O3S3. The maximum Gasteiger partial charge on any atom is 0.302 e. The minimum atomic E-state index is -0.211. The average molecular weight is 278 g/mol. The first kappa shape index (κ1) is 15.5. The Bertz CT molecular complexity index is 309. The summed E-state index contributed by atoms with van der Waals surface area (Å²) >= 11 is 10.2. The van der Waals surface area contributed by atoms with Crippen molar-refractivity contribution in [1.29, 1.82) is 0 Å². The van der Waals surface area contributed by atoms with E-state index >= 15 is 0 Å². The first-order valence-corrected chi connectivity index (χ1v) is 6.41. The SMILES string of the molecule is CCOC(C)=O.S=C(S)SCc1ccco1. The van der Waals surface area contributed by atoms with Gasteiger partial charge in [0, 0.05) is 6.92 Å². The van der Waals surface area contributed by atoms with Crippen LogP contribution in [0.25, 0.3) is 0 Å². The van der Waals surface area contributed by atoms with E-state index < -0.39 is 0 Å². The number of carbonyl (C=O) groups is 1. The Hall–Kier alpha value is -0.460. The summed E-state index contributed by atoms with van der Waals surface area (Å²) < 4.78 is 10.1. The molecule has 0 N–H and O–H groups in total. The van der Waals surface area contributed by atoms with E-state index in [1.165, 1.54) is 18.7 Å². The molecule has 0 fully saturated rings. The lowest BCUT2D eigenvalue weighted by molar-refractivity contribution is -0.140. The number of thiocarbonyl (C=S) groups is 1. The predicted octanol–water partition coefficient (Wildman–Crippen LogP) is 3.30. The van der Waals surface area contributed by atoms with Crippen LogP contribution in [0.5, 0.6) is 0 Å². The number of thioether (sulfide) groups is 1. The summed E-state index contributed by atoms with van der Waals surface area (Å²) in [5.41, 5.74) is 0. The molecule has 0 spiro atoms.